The summed E-state index contributed by atoms with van der Waals surface area (Å²) in [6.07, 6.45) is 1.62. The lowest BCUT2D eigenvalue weighted by molar-refractivity contribution is -0.112. The third kappa shape index (κ3) is 1.73. The lowest BCUT2D eigenvalue weighted by Gasteiger charge is -2.01. The molecule has 0 aliphatic carbocycles. The van der Waals surface area contributed by atoms with Gasteiger partial charge >= 0.3 is 0 Å². The second kappa shape index (κ2) is 4.57. The summed E-state index contributed by atoms with van der Waals surface area (Å²) in [4.78, 5) is 18.9. The number of hydrogen-bond donors (Lipinski definition) is 2. The minimum Gasteiger partial charge on any atom is -0.493 e. The van der Waals surface area contributed by atoms with Crippen molar-refractivity contribution in [2.45, 2.75) is 6.54 Å². The molecule has 1 aromatic heterocycles. The predicted octanol–water partition coefficient (Wildman–Crippen LogP) is 0.796. The predicted molar refractivity (Wildman–Crippen MR) is 76.2 cm³/mol. The van der Waals surface area contributed by atoms with Gasteiger partial charge in [-0.15, -0.1) is 6.58 Å². The van der Waals surface area contributed by atoms with Crippen molar-refractivity contribution in [1.29, 1.82) is 0 Å². The Morgan fingerprint density at radius 2 is 2.20 bits per heavy atom. The summed E-state index contributed by atoms with van der Waals surface area (Å²) in [5.74, 6) is -0.464. The molecule has 20 heavy (non-hydrogen) atoms. The number of nitrogens with one attached hydrogen (secondary N) is 1. The number of para-hydroxylation sites is 1. The van der Waals surface area contributed by atoms with Crippen LogP contribution in [0, 0.1) is 4.77 Å². The van der Waals surface area contributed by atoms with Crippen molar-refractivity contribution in [2.75, 3.05) is 0 Å². The summed E-state index contributed by atoms with van der Waals surface area (Å²) in [7, 11) is 0. The van der Waals surface area contributed by atoms with E-state index in [9.17, 15) is 9.90 Å². The topological polar surface area (TPSA) is 70.4 Å². The summed E-state index contributed by atoms with van der Waals surface area (Å²) < 4.78 is 1.81. The maximum Gasteiger partial charge on any atom is 0.280 e. The van der Waals surface area contributed by atoms with Gasteiger partial charge in [-0.05, 0) is 18.3 Å². The Kier molecular flexibility index (Phi) is 2.87. The number of fused-ring (bicyclic) bond motifs is 1. The molecule has 0 atom stereocenters. The molecule has 2 heterocycles. The summed E-state index contributed by atoms with van der Waals surface area (Å²) in [6, 6.07) is 7.18. The molecule has 1 aliphatic heterocycles. The van der Waals surface area contributed by atoms with Crippen molar-refractivity contribution in [3.8, 4) is 5.88 Å². The molecule has 2 N–H and O–H groups in total. The van der Waals surface area contributed by atoms with Gasteiger partial charge in [0.15, 0.2) is 4.77 Å². The Balaban J connectivity index is 2.34. The van der Waals surface area contributed by atoms with Gasteiger partial charge in [0, 0.05) is 11.8 Å². The molecule has 1 aromatic carbocycles. The quantitative estimate of drug-likeness (QED) is 0.647. The zero-order valence-corrected chi connectivity index (χ0v) is 11.3. The molecular weight excluding hydrogens is 274 g/mol. The molecule has 0 saturated carbocycles. The number of benzene rings is 1. The summed E-state index contributed by atoms with van der Waals surface area (Å²) in [5, 5.41) is 11.5. The van der Waals surface area contributed by atoms with Crippen molar-refractivity contribution in [2.24, 2.45) is 4.99 Å². The van der Waals surface area contributed by atoms with E-state index in [4.69, 9.17) is 12.2 Å². The van der Waals surface area contributed by atoms with Crippen LogP contribution in [-0.2, 0) is 11.3 Å². The van der Waals surface area contributed by atoms with E-state index in [-0.39, 0.29) is 11.8 Å². The summed E-state index contributed by atoms with van der Waals surface area (Å²) in [6.45, 7) is 3.97. The highest BCUT2D eigenvalue weighted by Crippen LogP contribution is 2.24. The van der Waals surface area contributed by atoms with Gasteiger partial charge in [-0.1, -0.05) is 24.3 Å². The van der Waals surface area contributed by atoms with E-state index >= 15 is 0 Å². The van der Waals surface area contributed by atoms with Crippen LogP contribution in [0.4, 0.5) is 0 Å². The van der Waals surface area contributed by atoms with Gasteiger partial charge in [-0.3, -0.25) is 9.36 Å². The number of rotatable bonds is 3. The van der Waals surface area contributed by atoms with Crippen LogP contribution in [0.2, 0.25) is 0 Å². The number of H-pyrrole nitrogens is 1. The Morgan fingerprint density at radius 1 is 1.45 bits per heavy atom. The van der Waals surface area contributed by atoms with Crippen LogP contribution in [-0.4, -0.2) is 20.6 Å². The van der Waals surface area contributed by atoms with Crippen molar-refractivity contribution in [3.05, 3.63) is 58.0 Å². The standard InChI is InChI=1S/C14H11N3O2S/c1-2-7-17-13(19)11(16-14(17)20)10-8-5-3-4-6-9(8)15-12(10)18/h2-6,19H,1,7H2,(H,16,20). The van der Waals surface area contributed by atoms with E-state index in [2.05, 4.69) is 16.6 Å². The molecule has 0 unspecified atom stereocenters. The molecule has 0 radical (unpaired) electrons. The van der Waals surface area contributed by atoms with E-state index in [1.165, 1.54) is 4.57 Å². The van der Waals surface area contributed by atoms with Crippen LogP contribution in [0.25, 0.3) is 5.57 Å². The van der Waals surface area contributed by atoms with Gasteiger partial charge in [0.2, 0.25) is 5.88 Å². The number of nitrogens with zero attached hydrogens (tertiary/aromatic N) is 2. The van der Waals surface area contributed by atoms with Crippen LogP contribution < -0.4 is 10.6 Å². The zero-order chi connectivity index (χ0) is 14.3. The SMILES string of the molecule is C=CCn1c(O)c(C2=c3ccccc3=NC2=O)[nH]c1=S. The number of carbonyl (C=O) groups is 1. The van der Waals surface area contributed by atoms with Crippen LogP contribution in [0.15, 0.2) is 41.9 Å². The number of aromatic hydroxyl groups is 1. The number of aromatic nitrogens is 2. The molecule has 3 rings (SSSR count). The monoisotopic (exact) mass is 285 g/mol. The van der Waals surface area contributed by atoms with Gasteiger partial charge < -0.3 is 10.1 Å². The molecule has 0 saturated heterocycles. The fraction of sp³-hybridized carbons (Fsp3) is 0.0714. The molecule has 100 valence electrons. The molecule has 5 nitrogen and oxygen atoms in total. The average Bonchev–Trinajstić information content (AvgIpc) is 2.89. The zero-order valence-electron chi connectivity index (χ0n) is 10.5. The molecule has 0 fully saturated rings. The number of carbonyl (C=O) groups excluding carboxylic acids is 1. The molecular formula is C14H11N3O2S. The van der Waals surface area contributed by atoms with Gasteiger partial charge in [0.05, 0.1) is 10.9 Å². The van der Waals surface area contributed by atoms with Crippen LogP contribution in [0.1, 0.15) is 5.69 Å². The number of allylic oxidation sites excluding steroid dienone is 1. The Labute approximate surface area is 119 Å². The van der Waals surface area contributed by atoms with Crippen molar-refractivity contribution in [3.63, 3.8) is 0 Å². The van der Waals surface area contributed by atoms with Crippen molar-refractivity contribution in [1.82, 2.24) is 9.55 Å². The van der Waals surface area contributed by atoms with Crippen LogP contribution >= 0.6 is 12.2 Å². The summed E-state index contributed by atoms with van der Waals surface area (Å²) >= 11 is 5.14. The first-order valence-corrected chi connectivity index (χ1v) is 6.39. The third-order valence-corrected chi connectivity index (χ3v) is 3.45. The van der Waals surface area contributed by atoms with Gasteiger partial charge in [-0.2, -0.15) is 0 Å². The largest absolute Gasteiger partial charge is 0.493 e. The number of amides is 1. The first-order chi connectivity index (χ1) is 9.63. The number of aromatic amines is 1. The Bertz CT molecular complexity index is 905. The number of imidazole rings is 1. The van der Waals surface area contributed by atoms with Gasteiger partial charge in [0.1, 0.15) is 5.69 Å². The normalized spacial score (nSPS) is 13.2. The highest BCUT2D eigenvalue weighted by Gasteiger charge is 2.24. The van der Waals surface area contributed by atoms with Crippen LogP contribution in [0.5, 0.6) is 5.88 Å². The van der Waals surface area contributed by atoms with E-state index < -0.39 is 0 Å². The highest BCUT2D eigenvalue weighted by atomic mass is 32.1. The van der Waals surface area contributed by atoms with Crippen LogP contribution in [0.3, 0.4) is 0 Å². The van der Waals surface area contributed by atoms with E-state index in [1.54, 1.807) is 18.2 Å². The molecule has 2 aromatic rings. The van der Waals surface area contributed by atoms with Crippen molar-refractivity contribution < 1.29 is 9.90 Å². The second-order valence-corrected chi connectivity index (χ2v) is 4.72. The van der Waals surface area contributed by atoms with Crippen molar-refractivity contribution >= 4 is 23.7 Å². The Hall–Kier alpha value is -2.47. The maximum atomic E-state index is 12.1. The summed E-state index contributed by atoms with van der Waals surface area (Å²) in [5.41, 5.74) is 0.641. The molecule has 0 bridgehead atoms. The molecule has 6 heteroatoms. The highest BCUT2D eigenvalue weighted by molar-refractivity contribution is 7.71. The number of hydrogen-bond acceptors (Lipinski definition) is 3. The lowest BCUT2D eigenvalue weighted by atomic mass is 10.1. The molecule has 1 aliphatic rings. The Morgan fingerprint density at radius 3 is 2.95 bits per heavy atom. The van der Waals surface area contributed by atoms with E-state index in [0.717, 1.165) is 0 Å². The smallest absolute Gasteiger partial charge is 0.280 e. The fourth-order valence-corrected chi connectivity index (χ4v) is 2.50. The first-order valence-electron chi connectivity index (χ1n) is 5.99. The van der Waals surface area contributed by atoms with Gasteiger partial charge in [0.25, 0.3) is 5.91 Å². The molecule has 1 amide bonds. The van der Waals surface area contributed by atoms with E-state index in [0.29, 0.717) is 33.2 Å². The average molecular weight is 285 g/mol. The minimum atomic E-state index is -0.386. The second-order valence-electron chi connectivity index (χ2n) is 4.34. The van der Waals surface area contributed by atoms with Gasteiger partial charge in [-0.25, -0.2) is 4.99 Å². The minimum absolute atomic E-state index is 0.0786. The third-order valence-electron chi connectivity index (χ3n) is 3.13. The fourth-order valence-electron chi connectivity index (χ4n) is 2.24. The molecule has 0 spiro atoms. The van der Waals surface area contributed by atoms with E-state index in [1.807, 2.05) is 12.1 Å². The maximum absolute atomic E-state index is 12.1. The lowest BCUT2D eigenvalue weighted by Crippen LogP contribution is -2.22. The first kappa shape index (κ1) is 12.6.